The number of benzene rings is 1. The predicted octanol–water partition coefficient (Wildman–Crippen LogP) is 1.75. The number of nitrogens with one attached hydrogen (secondary N) is 3. The summed E-state index contributed by atoms with van der Waals surface area (Å²) in [5, 5.41) is 19.7. The molecule has 0 aliphatic heterocycles. The number of rotatable bonds is 3. The standard InChI is InChI=1S/C11H10N4O3/c16-10(17)8-6-12-15-9(8)14-11(18)13-7-4-2-1-3-5-7/h1-6H,(H,16,17)(H3,12,13,14,15,18). The number of aromatic nitrogens is 2. The van der Waals surface area contributed by atoms with Gasteiger partial charge in [-0.25, -0.2) is 9.59 Å². The fourth-order valence-electron chi connectivity index (χ4n) is 1.34. The third kappa shape index (κ3) is 2.64. The van der Waals surface area contributed by atoms with Crippen LogP contribution in [-0.4, -0.2) is 27.3 Å². The molecule has 0 spiro atoms. The molecule has 0 fully saturated rings. The van der Waals surface area contributed by atoms with E-state index in [9.17, 15) is 9.59 Å². The quantitative estimate of drug-likeness (QED) is 0.661. The number of carboxylic acids is 1. The monoisotopic (exact) mass is 246 g/mol. The molecule has 2 aromatic rings. The highest BCUT2D eigenvalue weighted by molar-refractivity contribution is 6.03. The number of para-hydroxylation sites is 1. The predicted molar refractivity (Wildman–Crippen MR) is 64.6 cm³/mol. The van der Waals surface area contributed by atoms with Crippen molar-refractivity contribution in [2.75, 3.05) is 10.6 Å². The minimum atomic E-state index is -1.17. The van der Waals surface area contributed by atoms with Crippen molar-refractivity contribution >= 4 is 23.5 Å². The van der Waals surface area contributed by atoms with Crippen LogP contribution in [0.2, 0.25) is 0 Å². The lowest BCUT2D eigenvalue weighted by atomic mass is 10.3. The first kappa shape index (κ1) is 11.6. The van der Waals surface area contributed by atoms with Gasteiger partial charge < -0.3 is 10.4 Å². The van der Waals surface area contributed by atoms with Gasteiger partial charge in [-0.15, -0.1) is 0 Å². The van der Waals surface area contributed by atoms with Crippen LogP contribution in [-0.2, 0) is 0 Å². The number of carbonyl (C=O) groups is 2. The van der Waals surface area contributed by atoms with Crippen LogP contribution >= 0.6 is 0 Å². The maximum atomic E-state index is 11.6. The molecule has 0 atom stereocenters. The molecule has 1 heterocycles. The van der Waals surface area contributed by atoms with E-state index in [1.807, 2.05) is 6.07 Å². The van der Waals surface area contributed by atoms with Crippen LogP contribution in [0.3, 0.4) is 0 Å². The number of urea groups is 1. The Hall–Kier alpha value is -2.83. The Labute approximate surface area is 102 Å². The number of H-pyrrole nitrogens is 1. The van der Waals surface area contributed by atoms with E-state index in [1.54, 1.807) is 24.3 Å². The summed E-state index contributed by atoms with van der Waals surface area (Å²) in [6, 6.07) is 8.24. The molecule has 0 saturated heterocycles. The maximum Gasteiger partial charge on any atom is 0.341 e. The summed E-state index contributed by atoms with van der Waals surface area (Å²) in [5.74, 6) is -1.13. The number of hydrogen-bond donors (Lipinski definition) is 4. The summed E-state index contributed by atoms with van der Waals surface area (Å²) in [6.45, 7) is 0. The van der Waals surface area contributed by atoms with E-state index in [2.05, 4.69) is 20.8 Å². The number of aromatic carboxylic acids is 1. The highest BCUT2D eigenvalue weighted by Crippen LogP contribution is 2.11. The Kier molecular flexibility index (Phi) is 3.24. The number of aromatic amines is 1. The third-order valence-electron chi connectivity index (χ3n) is 2.14. The first-order chi connectivity index (χ1) is 8.66. The van der Waals surface area contributed by atoms with Gasteiger partial charge in [-0.3, -0.25) is 10.4 Å². The summed E-state index contributed by atoms with van der Waals surface area (Å²) in [6.07, 6.45) is 1.13. The molecule has 7 heteroatoms. The van der Waals surface area contributed by atoms with Crippen molar-refractivity contribution in [3.8, 4) is 0 Å². The SMILES string of the molecule is O=C(Nc1ccccc1)Nc1[nH]ncc1C(=O)O. The fourth-order valence-corrected chi connectivity index (χ4v) is 1.34. The highest BCUT2D eigenvalue weighted by Gasteiger charge is 2.14. The molecule has 1 aromatic heterocycles. The molecule has 7 nitrogen and oxygen atoms in total. The van der Waals surface area contributed by atoms with Gasteiger partial charge in [-0.1, -0.05) is 18.2 Å². The van der Waals surface area contributed by atoms with Crippen LogP contribution in [0.1, 0.15) is 10.4 Å². The normalized spacial score (nSPS) is 9.78. The second-order valence-corrected chi connectivity index (χ2v) is 3.41. The number of carbonyl (C=O) groups excluding carboxylic acids is 1. The van der Waals surface area contributed by atoms with Crippen LogP contribution in [0, 0.1) is 0 Å². The second-order valence-electron chi connectivity index (χ2n) is 3.41. The summed E-state index contributed by atoms with van der Waals surface area (Å²) < 4.78 is 0. The van der Waals surface area contributed by atoms with Crippen LogP contribution in [0.5, 0.6) is 0 Å². The molecule has 2 rings (SSSR count). The van der Waals surface area contributed by atoms with Crippen molar-refractivity contribution in [1.29, 1.82) is 0 Å². The van der Waals surface area contributed by atoms with Crippen molar-refractivity contribution in [2.45, 2.75) is 0 Å². The van der Waals surface area contributed by atoms with E-state index in [-0.39, 0.29) is 11.4 Å². The van der Waals surface area contributed by atoms with Gasteiger partial charge in [0.2, 0.25) is 0 Å². The Morgan fingerprint density at radius 3 is 2.56 bits per heavy atom. The summed E-state index contributed by atoms with van der Waals surface area (Å²) in [7, 11) is 0. The average Bonchev–Trinajstić information content (AvgIpc) is 2.78. The minimum absolute atomic E-state index is 0.0379. The van der Waals surface area contributed by atoms with Crippen LogP contribution in [0.25, 0.3) is 0 Å². The van der Waals surface area contributed by atoms with Gasteiger partial charge in [-0.2, -0.15) is 5.10 Å². The topological polar surface area (TPSA) is 107 Å². The van der Waals surface area contributed by atoms with E-state index >= 15 is 0 Å². The van der Waals surface area contributed by atoms with Crippen LogP contribution in [0.15, 0.2) is 36.5 Å². The van der Waals surface area contributed by atoms with Gasteiger partial charge in [0.15, 0.2) is 0 Å². The smallest absolute Gasteiger partial charge is 0.341 e. The lowest BCUT2D eigenvalue weighted by Gasteiger charge is -2.06. The third-order valence-corrected chi connectivity index (χ3v) is 2.14. The molecule has 0 saturated carbocycles. The van der Waals surface area contributed by atoms with E-state index < -0.39 is 12.0 Å². The molecule has 1 aromatic carbocycles. The number of hydrogen-bond acceptors (Lipinski definition) is 3. The largest absolute Gasteiger partial charge is 0.477 e. The molecule has 0 bridgehead atoms. The lowest BCUT2D eigenvalue weighted by molar-refractivity contribution is 0.0698. The van der Waals surface area contributed by atoms with Gasteiger partial charge in [0.1, 0.15) is 11.4 Å². The lowest BCUT2D eigenvalue weighted by Crippen LogP contribution is -2.20. The maximum absolute atomic E-state index is 11.6. The Morgan fingerprint density at radius 2 is 1.89 bits per heavy atom. The molecule has 0 unspecified atom stereocenters. The zero-order valence-electron chi connectivity index (χ0n) is 9.18. The summed E-state index contributed by atoms with van der Waals surface area (Å²) >= 11 is 0. The van der Waals surface area contributed by atoms with Crippen LogP contribution in [0.4, 0.5) is 16.3 Å². The van der Waals surface area contributed by atoms with Gasteiger partial charge in [0, 0.05) is 5.69 Å². The van der Waals surface area contributed by atoms with Crippen molar-refractivity contribution in [2.24, 2.45) is 0 Å². The van der Waals surface area contributed by atoms with E-state index in [0.29, 0.717) is 5.69 Å². The summed E-state index contributed by atoms with van der Waals surface area (Å²) in [4.78, 5) is 22.4. The molecule has 18 heavy (non-hydrogen) atoms. The first-order valence-corrected chi connectivity index (χ1v) is 5.06. The number of anilines is 2. The molecule has 0 aliphatic rings. The van der Waals surface area contributed by atoms with E-state index in [1.165, 1.54) is 0 Å². The van der Waals surface area contributed by atoms with Gasteiger partial charge in [0.25, 0.3) is 0 Å². The average molecular weight is 246 g/mol. The van der Waals surface area contributed by atoms with Gasteiger partial charge >= 0.3 is 12.0 Å². The number of nitrogens with zero attached hydrogens (tertiary/aromatic N) is 1. The molecule has 92 valence electrons. The van der Waals surface area contributed by atoms with Gasteiger partial charge in [-0.05, 0) is 12.1 Å². The van der Waals surface area contributed by atoms with Gasteiger partial charge in [0.05, 0.1) is 6.20 Å². The van der Waals surface area contributed by atoms with E-state index in [4.69, 9.17) is 5.11 Å². The Balaban J connectivity index is 2.04. The second kappa shape index (κ2) is 5.00. The minimum Gasteiger partial charge on any atom is -0.477 e. The zero-order valence-corrected chi connectivity index (χ0v) is 9.18. The molecular weight excluding hydrogens is 236 g/mol. The Morgan fingerprint density at radius 1 is 1.17 bits per heavy atom. The highest BCUT2D eigenvalue weighted by atomic mass is 16.4. The Bertz CT molecular complexity index is 565. The van der Waals surface area contributed by atoms with E-state index in [0.717, 1.165) is 6.20 Å². The molecule has 0 radical (unpaired) electrons. The number of amides is 2. The number of carboxylic acid groups (broad SMARTS) is 1. The fraction of sp³-hybridized carbons (Fsp3) is 0. The van der Waals surface area contributed by atoms with Crippen molar-refractivity contribution in [1.82, 2.24) is 10.2 Å². The summed E-state index contributed by atoms with van der Waals surface area (Å²) in [5.41, 5.74) is 0.504. The van der Waals surface area contributed by atoms with Crippen molar-refractivity contribution < 1.29 is 14.7 Å². The van der Waals surface area contributed by atoms with Crippen molar-refractivity contribution in [3.05, 3.63) is 42.1 Å². The molecule has 2 amide bonds. The first-order valence-electron chi connectivity index (χ1n) is 5.06. The molecule has 4 N–H and O–H groups in total. The zero-order chi connectivity index (χ0) is 13.0. The molecular formula is C11H10N4O3. The van der Waals surface area contributed by atoms with Crippen molar-refractivity contribution in [3.63, 3.8) is 0 Å². The van der Waals surface area contributed by atoms with Crippen LogP contribution < -0.4 is 10.6 Å². The molecule has 0 aliphatic carbocycles.